The van der Waals surface area contributed by atoms with Crippen LogP contribution in [0.15, 0.2) is 10.6 Å². The summed E-state index contributed by atoms with van der Waals surface area (Å²) >= 11 is 5.81. The lowest BCUT2D eigenvalue weighted by Gasteiger charge is -1.97. The molecule has 0 atom stereocenters. The zero-order valence-corrected chi connectivity index (χ0v) is 7.99. The summed E-state index contributed by atoms with van der Waals surface area (Å²) in [5, 5.41) is 7.64. The summed E-state index contributed by atoms with van der Waals surface area (Å²) < 4.78 is 5.16. The van der Waals surface area contributed by atoms with Crippen molar-refractivity contribution in [1.82, 2.24) is 20.2 Å². The summed E-state index contributed by atoms with van der Waals surface area (Å²) in [6.07, 6.45) is 1.44. The van der Waals surface area contributed by atoms with Crippen LogP contribution in [0.2, 0.25) is 5.15 Å². The molecule has 7 heteroatoms. The maximum atomic E-state index is 5.81. The Morgan fingerprint density at radius 3 is 2.79 bits per heavy atom. The van der Waals surface area contributed by atoms with Crippen LogP contribution in [0.3, 0.4) is 0 Å². The van der Waals surface area contributed by atoms with Gasteiger partial charge < -0.3 is 10.2 Å². The summed E-state index contributed by atoms with van der Waals surface area (Å²) in [5.74, 6) is 0.843. The molecule has 0 aliphatic carbocycles. The molecule has 0 aliphatic rings. The fourth-order valence-electron chi connectivity index (χ4n) is 0.922. The molecule has 0 fully saturated rings. The maximum Gasteiger partial charge on any atom is 0.252 e. The molecule has 0 saturated carbocycles. The van der Waals surface area contributed by atoms with E-state index in [1.165, 1.54) is 6.20 Å². The highest BCUT2D eigenvalue weighted by Crippen LogP contribution is 2.24. The summed E-state index contributed by atoms with van der Waals surface area (Å²) in [5.41, 5.74) is 5.81. The molecule has 0 radical (unpaired) electrons. The van der Waals surface area contributed by atoms with Crippen molar-refractivity contribution >= 4 is 17.5 Å². The molecular formula is C7H6ClN5O. The largest absolute Gasteiger partial charge is 0.421 e. The zero-order valence-electron chi connectivity index (χ0n) is 7.23. The first kappa shape index (κ1) is 8.89. The minimum absolute atomic E-state index is 0.106. The van der Waals surface area contributed by atoms with E-state index in [0.29, 0.717) is 11.5 Å². The Kier molecular flexibility index (Phi) is 2.05. The Hall–Kier alpha value is -1.69. The third-order valence-electron chi connectivity index (χ3n) is 1.52. The SMILES string of the molecule is Cc1nnc(-c2cnc(N)nc2Cl)o1. The topological polar surface area (TPSA) is 90.7 Å². The average Bonchev–Trinajstić information content (AvgIpc) is 2.51. The number of anilines is 1. The van der Waals surface area contributed by atoms with Gasteiger partial charge in [0.2, 0.25) is 11.8 Å². The van der Waals surface area contributed by atoms with Crippen LogP contribution in [0, 0.1) is 6.92 Å². The summed E-state index contributed by atoms with van der Waals surface area (Å²) in [6, 6.07) is 0. The molecule has 14 heavy (non-hydrogen) atoms. The van der Waals surface area contributed by atoms with E-state index in [0.717, 1.165) is 0 Å². The summed E-state index contributed by atoms with van der Waals surface area (Å²) in [7, 11) is 0. The second kappa shape index (κ2) is 3.22. The average molecular weight is 212 g/mol. The van der Waals surface area contributed by atoms with Crippen molar-refractivity contribution in [2.24, 2.45) is 0 Å². The smallest absolute Gasteiger partial charge is 0.252 e. The van der Waals surface area contributed by atoms with E-state index in [1.54, 1.807) is 6.92 Å². The molecule has 2 N–H and O–H groups in total. The van der Waals surface area contributed by atoms with Gasteiger partial charge in [-0.2, -0.15) is 0 Å². The second-order valence-corrected chi connectivity index (χ2v) is 2.92. The molecule has 2 aromatic heterocycles. The number of rotatable bonds is 1. The third kappa shape index (κ3) is 1.51. The molecule has 2 rings (SSSR count). The van der Waals surface area contributed by atoms with Crippen LogP contribution in [0.5, 0.6) is 0 Å². The quantitative estimate of drug-likeness (QED) is 0.710. The number of hydrogen-bond donors (Lipinski definition) is 1. The lowest BCUT2D eigenvalue weighted by molar-refractivity contribution is 0.532. The van der Waals surface area contributed by atoms with Crippen LogP contribution in [-0.2, 0) is 0 Å². The van der Waals surface area contributed by atoms with Gasteiger partial charge in [-0.05, 0) is 0 Å². The minimum atomic E-state index is 0.106. The van der Waals surface area contributed by atoms with E-state index in [2.05, 4.69) is 20.2 Å². The lowest BCUT2D eigenvalue weighted by Crippen LogP contribution is -1.95. The minimum Gasteiger partial charge on any atom is -0.421 e. The molecule has 2 heterocycles. The van der Waals surface area contributed by atoms with E-state index < -0.39 is 0 Å². The molecule has 0 aromatic carbocycles. The van der Waals surface area contributed by atoms with Gasteiger partial charge >= 0.3 is 0 Å². The van der Waals surface area contributed by atoms with E-state index >= 15 is 0 Å². The zero-order chi connectivity index (χ0) is 10.1. The number of halogens is 1. The molecule has 72 valence electrons. The monoisotopic (exact) mass is 211 g/mol. The van der Waals surface area contributed by atoms with E-state index in [4.69, 9.17) is 21.8 Å². The Labute approximate surface area is 84.1 Å². The first-order valence-corrected chi connectivity index (χ1v) is 4.13. The van der Waals surface area contributed by atoms with Crippen molar-refractivity contribution in [3.05, 3.63) is 17.2 Å². The van der Waals surface area contributed by atoms with Crippen LogP contribution in [0.25, 0.3) is 11.5 Å². The van der Waals surface area contributed by atoms with Crippen LogP contribution >= 0.6 is 11.6 Å². The highest BCUT2D eigenvalue weighted by Gasteiger charge is 2.11. The predicted molar refractivity (Wildman–Crippen MR) is 49.5 cm³/mol. The molecule has 0 saturated heterocycles. The number of hydrogen-bond acceptors (Lipinski definition) is 6. The van der Waals surface area contributed by atoms with Crippen LogP contribution < -0.4 is 5.73 Å². The molecule has 0 unspecified atom stereocenters. The highest BCUT2D eigenvalue weighted by molar-refractivity contribution is 6.31. The summed E-state index contributed by atoms with van der Waals surface area (Å²) in [4.78, 5) is 7.54. The van der Waals surface area contributed by atoms with Gasteiger partial charge in [-0.25, -0.2) is 9.97 Å². The van der Waals surface area contributed by atoms with Crippen molar-refractivity contribution < 1.29 is 4.42 Å². The molecule has 0 bridgehead atoms. The standard InChI is InChI=1S/C7H6ClN5O/c1-3-12-13-6(14-3)4-2-10-7(9)11-5(4)8/h2H,1H3,(H2,9,10,11). The Morgan fingerprint density at radius 1 is 1.43 bits per heavy atom. The lowest BCUT2D eigenvalue weighted by atomic mass is 10.3. The molecule has 0 spiro atoms. The first-order valence-electron chi connectivity index (χ1n) is 3.75. The highest BCUT2D eigenvalue weighted by atomic mass is 35.5. The molecule has 2 aromatic rings. The Morgan fingerprint density at radius 2 is 2.21 bits per heavy atom. The van der Waals surface area contributed by atoms with Crippen LogP contribution in [-0.4, -0.2) is 20.2 Å². The van der Waals surface area contributed by atoms with Gasteiger partial charge in [-0.3, -0.25) is 0 Å². The van der Waals surface area contributed by atoms with Crippen LogP contribution in [0.4, 0.5) is 5.95 Å². The van der Waals surface area contributed by atoms with Gasteiger partial charge in [0.15, 0.2) is 0 Å². The summed E-state index contributed by atoms with van der Waals surface area (Å²) in [6.45, 7) is 1.68. The molecule has 0 amide bonds. The van der Waals surface area contributed by atoms with Crippen molar-refractivity contribution in [2.75, 3.05) is 5.73 Å². The van der Waals surface area contributed by atoms with Crippen molar-refractivity contribution in [2.45, 2.75) is 6.92 Å². The molecule has 6 nitrogen and oxygen atoms in total. The predicted octanol–water partition coefficient (Wildman–Crippen LogP) is 1.07. The third-order valence-corrected chi connectivity index (χ3v) is 1.81. The van der Waals surface area contributed by atoms with Gasteiger partial charge in [0, 0.05) is 13.1 Å². The normalized spacial score (nSPS) is 10.4. The first-order chi connectivity index (χ1) is 6.66. The number of nitrogens with two attached hydrogens (primary N) is 1. The fourth-order valence-corrected chi connectivity index (χ4v) is 1.14. The van der Waals surface area contributed by atoms with Gasteiger partial charge in [0.1, 0.15) is 5.15 Å². The van der Waals surface area contributed by atoms with Gasteiger partial charge in [-0.15, -0.1) is 10.2 Å². The number of nitrogens with zero attached hydrogens (tertiary/aromatic N) is 4. The Bertz CT molecular complexity index is 469. The van der Waals surface area contributed by atoms with Gasteiger partial charge in [-0.1, -0.05) is 11.6 Å². The second-order valence-electron chi connectivity index (χ2n) is 2.56. The van der Waals surface area contributed by atoms with Crippen molar-refractivity contribution in [1.29, 1.82) is 0 Å². The number of aryl methyl sites for hydroxylation is 1. The Balaban J connectivity index is 2.52. The van der Waals surface area contributed by atoms with Crippen LogP contribution in [0.1, 0.15) is 5.89 Å². The van der Waals surface area contributed by atoms with E-state index in [9.17, 15) is 0 Å². The number of aromatic nitrogens is 4. The van der Waals surface area contributed by atoms with Crippen molar-refractivity contribution in [3.63, 3.8) is 0 Å². The van der Waals surface area contributed by atoms with Crippen molar-refractivity contribution in [3.8, 4) is 11.5 Å². The van der Waals surface area contributed by atoms with E-state index in [-0.39, 0.29) is 17.0 Å². The molecular weight excluding hydrogens is 206 g/mol. The fraction of sp³-hybridized carbons (Fsp3) is 0.143. The number of nitrogen functional groups attached to an aromatic ring is 1. The van der Waals surface area contributed by atoms with E-state index in [1.807, 2.05) is 0 Å². The van der Waals surface area contributed by atoms with Gasteiger partial charge in [0.25, 0.3) is 5.89 Å². The van der Waals surface area contributed by atoms with Gasteiger partial charge in [0.05, 0.1) is 5.56 Å². The molecule has 0 aliphatic heterocycles. The maximum absolute atomic E-state index is 5.81.